The number of fused-ring (bicyclic) bond motifs is 7. The van der Waals surface area contributed by atoms with Gasteiger partial charge in [0.25, 0.3) is 5.88 Å². The van der Waals surface area contributed by atoms with Gasteiger partial charge in [0.15, 0.2) is 19.7 Å². The van der Waals surface area contributed by atoms with Crippen molar-refractivity contribution in [2.24, 2.45) is 17.8 Å². The van der Waals surface area contributed by atoms with E-state index in [9.17, 15) is 5.11 Å². The van der Waals surface area contributed by atoms with Crippen molar-refractivity contribution in [1.82, 2.24) is 15.0 Å². The lowest BCUT2D eigenvalue weighted by Crippen LogP contribution is -2.68. The molecule has 1 saturated heterocycles. The number of hydrogen-bond acceptors (Lipinski definition) is 10. The number of aliphatic hydroxyl groups is 1. The zero-order valence-electron chi connectivity index (χ0n) is 36.2. The van der Waals surface area contributed by atoms with Crippen LogP contribution in [0.25, 0.3) is 5.76 Å². The Balaban J connectivity index is 1.23. The van der Waals surface area contributed by atoms with E-state index in [2.05, 4.69) is 37.4 Å². The van der Waals surface area contributed by atoms with Gasteiger partial charge in [-0.25, -0.2) is 4.39 Å². The molecule has 6 atom stereocenters. The number of likely N-dealkylation sites (tertiary alicyclic amines) is 1. The largest absolute Gasteiger partial charge is 0.507 e. The molecule has 1 saturated carbocycles. The SMILES string of the molecule is C=CCN1CC[C@H]2Cc3c(OCc4ccccc4)c4c(c(F)c3[C@H]21)C[C@H]1C[C@H]2[C@H](N(C)C)c3onc(OCc5ccccc5)c3C(=O)[C@@]2(O[Si](C)(C)C(C)(C)C)C(=O)C1=C4O. The van der Waals surface area contributed by atoms with E-state index in [1.807, 2.05) is 98.8 Å². The summed E-state index contributed by atoms with van der Waals surface area (Å²) in [5, 5.41) is 16.7. The van der Waals surface area contributed by atoms with E-state index in [0.717, 1.165) is 29.7 Å². The Morgan fingerprint density at radius 1 is 0.984 bits per heavy atom. The van der Waals surface area contributed by atoms with Crippen LogP contribution in [-0.4, -0.2) is 72.7 Å². The molecule has 61 heavy (non-hydrogen) atoms. The lowest BCUT2D eigenvalue weighted by atomic mass is 9.57. The number of ether oxygens (including phenoxy) is 2. The lowest BCUT2D eigenvalue weighted by molar-refractivity contribution is -0.140. The minimum absolute atomic E-state index is 0.0141. The Morgan fingerprint density at radius 3 is 2.26 bits per heavy atom. The number of carbonyl (C=O) groups is 2. The fourth-order valence-electron chi connectivity index (χ4n) is 10.7. The zero-order valence-corrected chi connectivity index (χ0v) is 37.2. The number of carbonyl (C=O) groups excluding carboxylic acids is 2. The Labute approximate surface area is 358 Å². The molecule has 320 valence electrons. The average molecular weight is 846 g/mol. The van der Waals surface area contributed by atoms with Crippen molar-refractivity contribution < 1.29 is 37.5 Å². The zero-order chi connectivity index (χ0) is 43.2. The molecule has 12 heteroatoms. The number of ketones is 2. The molecule has 2 heterocycles. The Morgan fingerprint density at radius 2 is 1.64 bits per heavy atom. The van der Waals surface area contributed by atoms with Crippen LogP contribution in [0.4, 0.5) is 4.39 Å². The van der Waals surface area contributed by atoms with Crippen molar-refractivity contribution in [3.05, 3.63) is 129 Å². The molecule has 4 aromatic rings. The molecule has 0 bridgehead atoms. The Kier molecular flexibility index (Phi) is 10.3. The van der Waals surface area contributed by atoms with E-state index in [-0.39, 0.29) is 72.2 Å². The summed E-state index contributed by atoms with van der Waals surface area (Å²) in [4.78, 5) is 35.9. The number of aromatic nitrogens is 1. The van der Waals surface area contributed by atoms with Crippen molar-refractivity contribution in [1.29, 1.82) is 0 Å². The molecule has 1 N–H and O–H groups in total. The molecular weight excluding hydrogens is 790 g/mol. The summed E-state index contributed by atoms with van der Waals surface area (Å²) in [6.45, 7) is 16.0. The Hall–Kier alpha value is -4.88. The van der Waals surface area contributed by atoms with Gasteiger partial charge >= 0.3 is 0 Å². The van der Waals surface area contributed by atoms with Gasteiger partial charge in [-0.15, -0.1) is 6.58 Å². The third-order valence-corrected chi connectivity index (χ3v) is 18.9. The highest BCUT2D eigenvalue weighted by Gasteiger charge is 2.69. The fourth-order valence-corrected chi connectivity index (χ4v) is 12.1. The van der Waals surface area contributed by atoms with E-state index in [1.165, 1.54) is 0 Å². The third kappa shape index (κ3) is 6.46. The first kappa shape index (κ1) is 41.5. The molecule has 0 radical (unpaired) electrons. The molecule has 5 aliphatic rings. The second-order valence-corrected chi connectivity index (χ2v) is 24.0. The molecule has 9 rings (SSSR count). The highest BCUT2D eigenvalue weighted by atomic mass is 28.4. The highest BCUT2D eigenvalue weighted by molar-refractivity contribution is 6.74. The predicted molar refractivity (Wildman–Crippen MR) is 232 cm³/mol. The minimum atomic E-state index is -2.96. The maximum atomic E-state index is 17.7. The molecule has 0 amide bonds. The summed E-state index contributed by atoms with van der Waals surface area (Å²) < 4.78 is 44.0. The standard InChI is InChI=1S/C49H56FN3O7Si/c1-9-21-53-22-20-30-23-33-36(40(30)53)39(50)32-24-31-25-34-41(52(5)6)44-38(47(51-59-44)58-27-29-18-14-11-15-19-29)46(56)49(34,60-61(7,8)48(2,3)4)45(55)35(31)42(54)37(32)43(33)57-26-28-16-12-10-13-17-28/h9-19,30-31,34,40-41,54H,1,20-27H2,2-8H3/t30-,31-,34-,40-,41-,49-/m0/s1. The third-order valence-electron chi connectivity index (χ3n) is 14.5. The van der Waals surface area contributed by atoms with E-state index in [1.54, 1.807) is 0 Å². The maximum Gasteiger partial charge on any atom is 0.265 e. The van der Waals surface area contributed by atoms with Gasteiger partial charge in [-0.05, 0) is 92.6 Å². The summed E-state index contributed by atoms with van der Waals surface area (Å²) >= 11 is 0. The topological polar surface area (TPSA) is 115 Å². The van der Waals surface area contributed by atoms with Crippen LogP contribution in [0, 0.1) is 23.6 Å². The molecule has 2 fully saturated rings. The van der Waals surface area contributed by atoms with Gasteiger partial charge in [0.05, 0.1) is 11.6 Å². The monoisotopic (exact) mass is 845 g/mol. The second-order valence-electron chi connectivity index (χ2n) is 19.3. The number of Topliss-reactive ketones (excluding diaryl/α,β-unsaturated/α-hetero) is 2. The van der Waals surface area contributed by atoms with Crippen LogP contribution in [0.15, 0.2) is 83.4 Å². The van der Waals surface area contributed by atoms with E-state index in [0.29, 0.717) is 35.6 Å². The van der Waals surface area contributed by atoms with Gasteiger partial charge < -0.3 is 23.5 Å². The Bertz CT molecular complexity index is 2440. The smallest absolute Gasteiger partial charge is 0.265 e. The molecular formula is C49H56FN3O7Si. The summed E-state index contributed by atoms with van der Waals surface area (Å²) in [6, 6.07) is 18.5. The van der Waals surface area contributed by atoms with Gasteiger partial charge in [0.2, 0.25) is 11.6 Å². The fraction of sp³-hybridized carbons (Fsp3) is 0.449. The maximum absolute atomic E-state index is 17.7. The highest BCUT2D eigenvalue weighted by Crippen LogP contribution is 2.61. The van der Waals surface area contributed by atoms with Crippen LogP contribution in [0.3, 0.4) is 0 Å². The summed E-state index contributed by atoms with van der Waals surface area (Å²) in [5.41, 5.74) is 1.75. The van der Waals surface area contributed by atoms with Crippen LogP contribution in [-0.2, 0) is 35.3 Å². The molecule has 0 spiro atoms. The van der Waals surface area contributed by atoms with Crippen LogP contribution in [0.1, 0.15) is 95.2 Å². The molecule has 1 aromatic heterocycles. The van der Waals surface area contributed by atoms with Gasteiger partial charge in [-0.3, -0.25) is 19.4 Å². The van der Waals surface area contributed by atoms with Crippen molar-refractivity contribution in [3.63, 3.8) is 0 Å². The van der Waals surface area contributed by atoms with Crippen LogP contribution >= 0.6 is 0 Å². The number of hydrogen-bond donors (Lipinski definition) is 1. The molecule has 3 aromatic carbocycles. The minimum Gasteiger partial charge on any atom is -0.507 e. The number of halogens is 1. The number of rotatable bonds is 11. The summed E-state index contributed by atoms with van der Waals surface area (Å²) in [6.07, 6.45) is 3.70. The van der Waals surface area contributed by atoms with Crippen molar-refractivity contribution in [2.45, 2.75) is 95.5 Å². The van der Waals surface area contributed by atoms with E-state index in [4.69, 9.17) is 18.4 Å². The normalized spacial score (nSPS) is 25.8. The van der Waals surface area contributed by atoms with E-state index < -0.39 is 48.4 Å². The molecule has 0 unspecified atom stereocenters. The predicted octanol–water partition coefficient (Wildman–Crippen LogP) is 9.37. The van der Waals surface area contributed by atoms with Gasteiger partial charge in [-0.2, -0.15) is 0 Å². The molecule has 1 aliphatic heterocycles. The summed E-state index contributed by atoms with van der Waals surface area (Å²) in [7, 11) is 0.798. The second kappa shape index (κ2) is 15.2. The van der Waals surface area contributed by atoms with Crippen molar-refractivity contribution >= 4 is 25.6 Å². The van der Waals surface area contributed by atoms with Gasteiger partial charge in [0.1, 0.15) is 36.1 Å². The first-order valence-electron chi connectivity index (χ1n) is 21.5. The lowest BCUT2D eigenvalue weighted by Gasteiger charge is -2.55. The van der Waals surface area contributed by atoms with E-state index >= 15 is 14.0 Å². The van der Waals surface area contributed by atoms with Gasteiger partial charge in [-0.1, -0.05) is 87.5 Å². The van der Waals surface area contributed by atoms with Crippen molar-refractivity contribution in [2.75, 3.05) is 27.2 Å². The summed E-state index contributed by atoms with van der Waals surface area (Å²) in [5.74, 6) is -2.44. The van der Waals surface area contributed by atoms with Crippen LogP contribution in [0.5, 0.6) is 11.6 Å². The van der Waals surface area contributed by atoms with Crippen LogP contribution in [0.2, 0.25) is 18.1 Å². The number of benzene rings is 3. The van der Waals surface area contributed by atoms with Crippen LogP contribution < -0.4 is 9.47 Å². The first-order chi connectivity index (χ1) is 29.1. The molecule has 4 aliphatic carbocycles. The van der Waals surface area contributed by atoms with Crippen molar-refractivity contribution in [3.8, 4) is 11.6 Å². The quantitative estimate of drug-likeness (QED) is 0.0890. The molecule has 10 nitrogen and oxygen atoms in total. The van der Waals surface area contributed by atoms with Gasteiger partial charge in [0, 0.05) is 40.8 Å². The average Bonchev–Trinajstić information content (AvgIpc) is 3.93. The first-order valence-corrected chi connectivity index (χ1v) is 24.4. The number of aliphatic hydroxyl groups excluding tert-OH is 1. The number of nitrogens with zero attached hydrogens (tertiary/aromatic N) is 3.